The SMILES string of the molecule is O=C(CN1CCCC(c2nc(-c3cccc(F)c3)no2)C1)NC(c1ccc(F)cc1)c1cccs1. The van der Waals surface area contributed by atoms with E-state index in [9.17, 15) is 13.6 Å². The molecule has 2 aromatic carbocycles. The first kappa shape index (κ1) is 23.3. The summed E-state index contributed by atoms with van der Waals surface area (Å²) in [5.41, 5.74) is 1.39. The third-order valence-electron chi connectivity index (χ3n) is 6.08. The smallest absolute Gasteiger partial charge is 0.234 e. The Hall–Kier alpha value is -3.43. The van der Waals surface area contributed by atoms with Crippen molar-refractivity contribution in [2.45, 2.75) is 24.8 Å². The molecule has 2 aromatic heterocycles. The summed E-state index contributed by atoms with van der Waals surface area (Å²) in [6.45, 7) is 1.62. The topological polar surface area (TPSA) is 71.3 Å². The van der Waals surface area contributed by atoms with Gasteiger partial charge in [-0.05, 0) is 60.7 Å². The van der Waals surface area contributed by atoms with Crippen LogP contribution in [0.3, 0.4) is 0 Å². The maximum atomic E-state index is 13.5. The number of aromatic nitrogens is 2. The van der Waals surface area contributed by atoms with E-state index < -0.39 is 0 Å². The van der Waals surface area contributed by atoms with Crippen molar-refractivity contribution in [3.63, 3.8) is 0 Å². The van der Waals surface area contributed by atoms with E-state index in [1.54, 1.807) is 35.6 Å². The van der Waals surface area contributed by atoms with E-state index in [0.29, 0.717) is 23.8 Å². The van der Waals surface area contributed by atoms with Crippen LogP contribution in [-0.2, 0) is 4.79 Å². The van der Waals surface area contributed by atoms with Crippen molar-refractivity contribution in [2.24, 2.45) is 0 Å². The van der Waals surface area contributed by atoms with Crippen LogP contribution in [0.1, 0.15) is 41.1 Å². The third kappa shape index (κ3) is 5.63. The summed E-state index contributed by atoms with van der Waals surface area (Å²) in [7, 11) is 0. The Bertz CT molecular complexity index is 1280. The molecule has 0 radical (unpaired) electrons. The van der Waals surface area contributed by atoms with Gasteiger partial charge in [0.2, 0.25) is 17.6 Å². The maximum Gasteiger partial charge on any atom is 0.234 e. The molecular weight excluding hydrogens is 470 g/mol. The number of thiophene rings is 1. The fourth-order valence-corrected chi connectivity index (χ4v) is 5.19. The summed E-state index contributed by atoms with van der Waals surface area (Å²) in [4.78, 5) is 20.6. The summed E-state index contributed by atoms with van der Waals surface area (Å²) < 4.78 is 32.5. The molecule has 35 heavy (non-hydrogen) atoms. The Morgan fingerprint density at radius 3 is 2.77 bits per heavy atom. The van der Waals surface area contributed by atoms with Gasteiger partial charge in [-0.15, -0.1) is 11.3 Å². The van der Waals surface area contributed by atoms with Crippen molar-refractivity contribution in [3.05, 3.63) is 94.0 Å². The second kappa shape index (κ2) is 10.5. The molecule has 180 valence electrons. The molecular formula is C26H24F2N4O2S. The molecule has 2 atom stereocenters. The Morgan fingerprint density at radius 2 is 2.00 bits per heavy atom. The molecule has 2 unspecified atom stereocenters. The molecule has 5 rings (SSSR count). The number of carbonyl (C=O) groups is 1. The number of hydrogen-bond donors (Lipinski definition) is 1. The summed E-state index contributed by atoms with van der Waals surface area (Å²) in [6, 6.07) is 15.8. The van der Waals surface area contributed by atoms with Crippen LogP contribution in [0.5, 0.6) is 0 Å². The lowest BCUT2D eigenvalue weighted by Gasteiger charge is -2.31. The number of benzene rings is 2. The molecule has 4 aromatic rings. The molecule has 1 aliphatic rings. The van der Waals surface area contributed by atoms with Gasteiger partial charge in [-0.2, -0.15) is 4.98 Å². The van der Waals surface area contributed by atoms with Gasteiger partial charge in [0.1, 0.15) is 11.6 Å². The predicted molar refractivity (Wildman–Crippen MR) is 129 cm³/mol. The van der Waals surface area contributed by atoms with Gasteiger partial charge in [-0.25, -0.2) is 8.78 Å². The van der Waals surface area contributed by atoms with Crippen molar-refractivity contribution >= 4 is 17.2 Å². The number of nitrogens with one attached hydrogen (secondary N) is 1. The van der Waals surface area contributed by atoms with E-state index >= 15 is 0 Å². The molecule has 6 nitrogen and oxygen atoms in total. The highest BCUT2D eigenvalue weighted by Gasteiger charge is 2.28. The second-order valence-electron chi connectivity index (χ2n) is 8.61. The Kier molecular flexibility index (Phi) is 6.96. The van der Waals surface area contributed by atoms with Gasteiger partial charge in [0, 0.05) is 17.0 Å². The Labute approximate surface area is 205 Å². The number of likely N-dealkylation sites (tertiary alicyclic amines) is 1. The van der Waals surface area contributed by atoms with Crippen molar-refractivity contribution in [2.75, 3.05) is 19.6 Å². The van der Waals surface area contributed by atoms with Gasteiger partial charge in [-0.3, -0.25) is 9.69 Å². The summed E-state index contributed by atoms with van der Waals surface area (Å²) >= 11 is 1.54. The van der Waals surface area contributed by atoms with E-state index in [2.05, 4.69) is 20.4 Å². The lowest BCUT2D eigenvalue weighted by atomic mass is 9.98. The van der Waals surface area contributed by atoms with Crippen LogP contribution in [0.2, 0.25) is 0 Å². The highest BCUT2D eigenvalue weighted by Crippen LogP contribution is 2.29. The van der Waals surface area contributed by atoms with Gasteiger partial charge >= 0.3 is 0 Å². The van der Waals surface area contributed by atoms with Gasteiger partial charge in [0.05, 0.1) is 18.5 Å². The Morgan fingerprint density at radius 1 is 1.14 bits per heavy atom. The van der Waals surface area contributed by atoms with Crippen molar-refractivity contribution in [3.8, 4) is 11.4 Å². The number of hydrogen-bond acceptors (Lipinski definition) is 6. The molecule has 1 aliphatic heterocycles. The molecule has 1 N–H and O–H groups in total. The molecule has 1 amide bonds. The zero-order valence-electron chi connectivity index (χ0n) is 18.9. The average molecular weight is 495 g/mol. The van der Waals surface area contributed by atoms with Crippen LogP contribution < -0.4 is 5.32 Å². The molecule has 0 spiro atoms. The fraction of sp³-hybridized carbons (Fsp3) is 0.269. The van der Waals surface area contributed by atoms with E-state index in [-0.39, 0.29) is 36.0 Å². The number of carbonyl (C=O) groups excluding carboxylic acids is 1. The van der Waals surface area contributed by atoms with Crippen LogP contribution in [0.25, 0.3) is 11.4 Å². The highest BCUT2D eigenvalue weighted by atomic mass is 32.1. The van der Waals surface area contributed by atoms with Crippen LogP contribution in [0.15, 0.2) is 70.6 Å². The van der Waals surface area contributed by atoms with Gasteiger partial charge < -0.3 is 9.84 Å². The van der Waals surface area contributed by atoms with Crippen LogP contribution in [0.4, 0.5) is 8.78 Å². The molecule has 1 fully saturated rings. The van der Waals surface area contributed by atoms with Gasteiger partial charge in [-0.1, -0.05) is 35.5 Å². The number of rotatable bonds is 7. The second-order valence-corrected chi connectivity index (χ2v) is 9.59. The fourth-order valence-electron chi connectivity index (χ4n) is 4.39. The molecule has 0 saturated carbocycles. The maximum absolute atomic E-state index is 13.5. The summed E-state index contributed by atoms with van der Waals surface area (Å²) in [5, 5.41) is 9.08. The van der Waals surface area contributed by atoms with Gasteiger partial charge in [0.25, 0.3) is 0 Å². The Balaban J connectivity index is 1.24. The first-order valence-corrected chi connectivity index (χ1v) is 12.3. The molecule has 0 aliphatic carbocycles. The number of amides is 1. The molecule has 0 bridgehead atoms. The minimum atomic E-state index is -0.356. The first-order valence-electron chi connectivity index (χ1n) is 11.5. The summed E-state index contributed by atoms with van der Waals surface area (Å²) in [5.74, 6) is 0.0663. The van der Waals surface area contributed by atoms with Crippen LogP contribution in [0, 0.1) is 11.6 Å². The lowest BCUT2D eigenvalue weighted by molar-refractivity contribution is -0.123. The van der Waals surface area contributed by atoms with E-state index in [0.717, 1.165) is 29.8 Å². The standard InChI is InChI=1S/C26H24F2N4O2S/c27-20-10-8-17(9-11-20)24(22-7-3-13-35-22)29-23(33)16-32-12-2-5-19(15-32)26-30-25(31-34-26)18-4-1-6-21(28)14-18/h1,3-4,6-11,13-14,19,24H,2,5,12,15-16H2,(H,29,33). The van der Waals surface area contributed by atoms with Gasteiger partial charge in [0.15, 0.2) is 0 Å². The number of piperidine rings is 1. The third-order valence-corrected chi connectivity index (χ3v) is 7.02. The lowest BCUT2D eigenvalue weighted by Crippen LogP contribution is -2.43. The van der Waals surface area contributed by atoms with Crippen molar-refractivity contribution in [1.82, 2.24) is 20.4 Å². The monoisotopic (exact) mass is 494 g/mol. The summed E-state index contributed by atoms with van der Waals surface area (Å²) in [6.07, 6.45) is 1.76. The zero-order valence-corrected chi connectivity index (χ0v) is 19.7. The average Bonchev–Trinajstić information content (AvgIpc) is 3.56. The van der Waals surface area contributed by atoms with E-state index in [1.165, 1.54) is 24.3 Å². The molecule has 1 saturated heterocycles. The molecule has 9 heteroatoms. The minimum Gasteiger partial charge on any atom is -0.343 e. The highest BCUT2D eigenvalue weighted by molar-refractivity contribution is 7.10. The van der Waals surface area contributed by atoms with Crippen molar-refractivity contribution in [1.29, 1.82) is 0 Å². The quantitative estimate of drug-likeness (QED) is 0.384. The first-order chi connectivity index (χ1) is 17.0. The number of halogens is 2. The predicted octanol–water partition coefficient (Wildman–Crippen LogP) is 5.16. The largest absolute Gasteiger partial charge is 0.343 e. The molecule has 3 heterocycles. The van der Waals surface area contributed by atoms with E-state index in [4.69, 9.17) is 4.52 Å². The normalized spacial score (nSPS) is 17.3. The minimum absolute atomic E-state index is 0.00319. The van der Waals surface area contributed by atoms with Crippen LogP contribution >= 0.6 is 11.3 Å². The van der Waals surface area contributed by atoms with E-state index in [1.807, 2.05) is 17.5 Å². The number of nitrogens with zero attached hydrogens (tertiary/aromatic N) is 3. The van der Waals surface area contributed by atoms with Crippen LogP contribution in [-0.4, -0.2) is 40.6 Å². The zero-order chi connectivity index (χ0) is 24.2. The van der Waals surface area contributed by atoms with Crippen molar-refractivity contribution < 1.29 is 18.1 Å².